The van der Waals surface area contributed by atoms with Gasteiger partial charge in [-0.2, -0.15) is 0 Å². The molecule has 0 aromatic heterocycles. The number of benzene rings is 1. The lowest BCUT2D eigenvalue weighted by atomic mass is 10.1. The van der Waals surface area contributed by atoms with Crippen molar-refractivity contribution in [2.45, 2.75) is 0 Å². The second-order valence-electron chi connectivity index (χ2n) is 2.48. The standard InChI is InChI=1S/C8H9BrFN3/c1-13-7-3-5(9)6(10)2-4(7)8(11)12/h2-3,13H,1H3,(H3,11,12). The number of halogens is 2. The quantitative estimate of drug-likeness (QED) is 0.551. The van der Waals surface area contributed by atoms with Crippen molar-refractivity contribution in [3.05, 3.63) is 28.0 Å². The Balaban J connectivity index is 3.33. The molecule has 0 heterocycles. The molecule has 0 aliphatic heterocycles. The first-order valence-corrected chi connectivity index (χ1v) is 4.36. The summed E-state index contributed by atoms with van der Waals surface area (Å²) in [5.41, 5.74) is 6.26. The topological polar surface area (TPSA) is 61.9 Å². The van der Waals surface area contributed by atoms with E-state index in [9.17, 15) is 4.39 Å². The molecule has 1 aromatic rings. The maximum atomic E-state index is 13.0. The Kier molecular flexibility index (Phi) is 2.87. The number of amidine groups is 1. The molecule has 0 saturated heterocycles. The Labute approximate surface area is 83.8 Å². The second-order valence-corrected chi connectivity index (χ2v) is 3.33. The van der Waals surface area contributed by atoms with Crippen LogP contribution in [0.2, 0.25) is 0 Å². The minimum atomic E-state index is -0.427. The zero-order chi connectivity index (χ0) is 10.0. The summed E-state index contributed by atoms with van der Waals surface area (Å²) in [4.78, 5) is 0. The molecule has 0 fully saturated rings. The van der Waals surface area contributed by atoms with Crippen LogP contribution in [-0.2, 0) is 0 Å². The van der Waals surface area contributed by atoms with E-state index in [0.717, 1.165) is 0 Å². The van der Waals surface area contributed by atoms with Crippen LogP contribution in [0.3, 0.4) is 0 Å². The molecule has 1 aromatic carbocycles. The van der Waals surface area contributed by atoms with E-state index >= 15 is 0 Å². The third-order valence-electron chi connectivity index (χ3n) is 1.62. The summed E-state index contributed by atoms with van der Waals surface area (Å²) in [5.74, 6) is -0.583. The van der Waals surface area contributed by atoms with Crippen LogP contribution in [-0.4, -0.2) is 12.9 Å². The van der Waals surface area contributed by atoms with Gasteiger partial charge in [-0.1, -0.05) is 0 Å². The number of nitrogens with two attached hydrogens (primary N) is 1. The van der Waals surface area contributed by atoms with Gasteiger partial charge in [-0.25, -0.2) is 4.39 Å². The molecule has 0 bridgehead atoms. The highest BCUT2D eigenvalue weighted by atomic mass is 79.9. The van der Waals surface area contributed by atoms with Gasteiger partial charge >= 0.3 is 0 Å². The van der Waals surface area contributed by atoms with Crippen LogP contribution < -0.4 is 11.1 Å². The minimum absolute atomic E-state index is 0.157. The Bertz CT molecular complexity index is 351. The van der Waals surface area contributed by atoms with Crippen molar-refractivity contribution in [1.82, 2.24) is 0 Å². The normalized spacial score (nSPS) is 9.77. The number of nitrogens with one attached hydrogen (secondary N) is 2. The average molecular weight is 246 g/mol. The summed E-state index contributed by atoms with van der Waals surface area (Å²) in [7, 11) is 1.69. The number of hydrogen-bond acceptors (Lipinski definition) is 2. The van der Waals surface area contributed by atoms with E-state index in [1.54, 1.807) is 13.1 Å². The van der Waals surface area contributed by atoms with Gasteiger partial charge < -0.3 is 11.1 Å². The highest BCUT2D eigenvalue weighted by Crippen LogP contribution is 2.23. The Hall–Kier alpha value is -1.10. The number of anilines is 1. The largest absolute Gasteiger partial charge is 0.387 e. The van der Waals surface area contributed by atoms with Crippen LogP contribution in [0.15, 0.2) is 16.6 Å². The first-order valence-electron chi connectivity index (χ1n) is 3.57. The molecule has 0 atom stereocenters. The predicted molar refractivity (Wildman–Crippen MR) is 54.7 cm³/mol. The van der Waals surface area contributed by atoms with Gasteiger partial charge in [-0.05, 0) is 28.1 Å². The Morgan fingerprint density at radius 3 is 2.69 bits per heavy atom. The molecule has 1 rings (SSSR count). The van der Waals surface area contributed by atoms with Gasteiger partial charge in [-0.3, -0.25) is 5.41 Å². The SMILES string of the molecule is CNc1cc(Br)c(F)cc1C(=N)N. The molecule has 5 heteroatoms. The van der Waals surface area contributed by atoms with Crippen LogP contribution in [0, 0.1) is 11.2 Å². The van der Waals surface area contributed by atoms with E-state index in [1.807, 2.05) is 0 Å². The fourth-order valence-corrected chi connectivity index (χ4v) is 1.32. The maximum absolute atomic E-state index is 13.0. The molecule has 0 spiro atoms. The predicted octanol–water partition coefficient (Wildman–Crippen LogP) is 1.91. The smallest absolute Gasteiger partial charge is 0.138 e. The van der Waals surface area contributed by atoms with E-state index in [-0.39, 0.29) is 5.84 Å². The van der Waals surface area contributed by atoms with E-state index in [2.05, 4.69) is 21.2 Å². The summed E-state index contributed by atoms with van der Waals surface area (Å²) in [6.07, 6.45) is 0. The van der Waals surface area contributed by atoms with Gasteiger partial charge in [0.1, 0.15) is 11.7 Å². The van der Waals surface area contributed by atoms with Gasteiger partial charge in [0.2, 0.25) is 0 Å². The highest BCUT2D eigenvalue weighted by molar-refractivity contribution is 9.10. The first-order chi connectivity index (χ1) is 6.06. The van der Waals surface area contributed by atoms with Gasteiger partial charge in [-0.15, -0.1) is 0 Å². The van der Waals surface area contributed by atoms with Crippen molar-refractivity contribution in [3.63, 3.8) is 0 Å². The lowest BCUT2D eigenvalue weighted by molar-refractivity contribution is 0.621. The lowest BCUT2D eigenvalue weighted by Crippen LogP contribution is -2.14. The summed E-state index contributed by atoms with van der Waals surface area (Å²) < 4.78 is 13.4. The molecule has 0 aliphatic rings. The third-order valence-corrected chi connectivity index (χ3v) is 2.23. The average Bonchev–Trinajstić information content (AvgIpc) is 2.08. The van der Waals surface area contributed by atoms with Crippen molar-refractivity contribution in [2.75, 3.05) is 12.4 Å². The molecule has 3 nitrogen and oxygen atoms in total. The van der Waals surface area contributed by atoms with E-state index in [0.29, 0.717) is 15.7 Å². The molecule has 0 saturated carbocycles. The van der Waals surface area contributed by atoms with Crippen LogP contribution in [0.5, 0.6) is 0 Å². The second kappa shape index (κ2) is 3.74. The summed E-state index contributed by atoms with van der Waals surface area (Å²) in [6.45, 7) is 0. The third kappa shape index (κ3) is 1.98. The van der Waals surface area contributed by atoms with Gasteiger partial charge in [0.05, 0.1) is 4.47 Å². The highest BCUT2D eigenvalue weighted by Gasteiger charge is 2.08. The van der Waals surface area contributed by atoms with Crippen LogP contribution in [0.1, 0.15) is 5.56 Å². The number of rotatable bonds is 2. The molecule has 0 aliphatic carbocycles. The first kappa shape index (κ1) is 9.98. The monoisotopic (exact) mass is 245 g/mol. The summed E-state index contributed by atoms with van der Waals surface area (Å²) >= 11 is 3.04. The molecule has 13 heavy (non-hydrogen) atoms. The molecule has 0 radical (unpaired) electrons. The Morgan fingerprint density at radius 2 is 2.23 bits per heavy atom. The molecule has 0 unspecified atom stereocenters. The number of hydrogen-bond donors (Lipinski definition) is 3. The Morgan fingerprint density at radius 1 is 1.62 bits per heavy atom. The van der Waals surface area contributed by atoms with Crippen molar-refractivity contribution in [2.24, 2.45) is 5.73 Å². The van der Waals surface area contributed by atoms with E-state index < -0.39 is 5.82 Å². The van der Waals surface area contributed by atoms with Gasteiger partial charge in [0, 0.05) is 18.3 Å². The van der Waals surface area contributed by atoms with Crippen LogP contribution >= 0.6 is 15.9 Å². The van der Waals surface area contributed by atoms with Crippen molar-refractivity contribution in [3.8, 4) is 0 Å². The minimum Gasteiger partial charge on any atom is -0.387 e. The number of nitrogen functional groups attached to an aromatic ring is 1. The molecular formula is C8H9BrFN3. The molecular weight excluding hydrogens is 237 g/mol. The molecule has 0 amide bonds. The molecule has 4 N–H and O–H groups in total. The van der Waals surface area contributed by atoms with E-state index in [1.165, 1.54) is 6.07 Å². The van der Waals surface area contributed by atoms with E-state index in [4.69, 9.17) is 11.1 Å². The zero-order valence-electron chi connectivity index (χ0n) is 6.99. The molecule has 70 valence electrons. The lowest BCUT2D eigenvalue weighted by Gasteiger charge is -2.08. The van der Waals surface area contributed by atoms with Crippen molar-refractivity contribution < 1.29 is 4.39 Å². The van der Waals surface area contributed by atoms with Crippen LogP contribution in [0.25, 0.3) is 0 Å². The van der Waals surface area contributed by atoms with Crippen LogP contribution in [0.4, 0.5) is 10.1 Å². The van der Waals surface area contributed by atoms with Gasteiger partial charge in [0.15, 0.2) is 0 Å². The summed E-state index contributed by atoms with van der Waals surface area (Å²) in [6, 6.07) is 2.77. The zero-order valence-corrected chi connectivity index (χ0v) is 8.57. The van der Waals surface area contributed by atoms with Crippen molar-refractivity contribution in [1.29, 1.82) is 5.41 Å². The van der Waals surface area contributed by atoms with Crippen molar-refractivity contribution >= 4 is 27.5 Å². The fourth-order valence-electron chi connectivity index (χ4n) is 0.977. The fraction of sp³-hybridized carbons (Fsp3) is 0.125. The summed E-state index contributed by atoms with van der Waals surface area (Å²) in [5, 5.41) is 10.0. The maximum Gasteiger partial charge on any atom is 0.138 e. The van der Waals surface area contributed by atoms with Gasteiger partial charge in [0.25, 0.3) is 0 Å².